The highest BCUT2D eigenvalue weighted by atomic mass is 16.5. The van der Waals surface area contributed by atoms with Gasteiger partial charge in [-0.05, 0) is 50.6 Å². The Morgan fingerprint density at radius 1 is 1.30 bits per heavy atom. The minimum absolute atomic E-state index is 0.0959. The van der Waals surface area contributed by atoms with E-state index in [0.717, 1.165) is 13.0 Å². The number of carboxylic acid groups (broad SMARTS) is 1. The van der Waals surface area contributed by atoms with E-state index in [9.17, 15) is 4.79 Å². The third kappa shape index (κ3) is 4.13. The van der Waals surface area contributed by atoms with Crippen LogP contribution in [0, 0.1) is 0 Å². The van der Waals surface area contributed by atoms with Gasteiger partial charge >= 0.3 is 5.97 Å². The number of ether oxygens (including phenoxy) is 1. The van der Waals surface area contributed by atoms with Gasteiger partial charge in [-0.25, -0.2) is 4.79 Å². The molecule has 0 atom stereocenters. The number of nitrogens with two attached hydrogens (primary N) is 1. The number of likely N-dealkylation sites (tertiary alicyclic amines) is 1. The maximum absolute atomic E-state index is 11.0. The number of aromatic carboxylic acids is 1. The van der Waals surface area contributed by atoms with Gasteiger partial charge in [-0.2, -0.15) is 0 Å². The van der Waals surface area contributed by atoms with Crippen LogP contribution in [0.5, 0.6) is 5.75 Å². The van der Waals surface area contributed by atoms with Crippen molar-refractivity contribution in [1.29, 1.82) is 0 Å². The molecule has 0 spiro atoms. The number of anilines is 1. The lowest BCUT2D eigenvalue weighted by Crippen LogP contribution is -2.31. The Morgan fingerprint density at radius 3 is 2.75 bits per heavy atom. The summed E-state index contributed by atoms with van der Waals surface area (Å²) in [5, 5.41) is 8.99. The van der Waals surface area contributed by atoms with E-state index in [2.05, 4.69) is 4.90 Å². The predicted molar refractivity (Wildman–Crippen MR) is 78.2 cm³/mol. The van der Waals surface area contributed by atoms with E-state index in [-0.39, 0.29) is 11.3 Å². The molecule has 1 fully saturated rings. The first-order valence-electron chi connectivity index (χ1n) is 7.15. The van der Waals surface area contributed by atoms with Crippen LogP contribution in [-0.4, -0.2) is 42.2 Å². The van der Waals surface area contributed by atoms with Crippen LogP contribution >= 0.6 is 0 Å². The van der Waals surface area contributed by atoms with E-state index in [1.165, 1.54) is 38.4 Å². The fourth-order valence-corrected chi connectivity index (χ4v) is 2.47. The van der Waals surface area contributed by atoms with Crippen molar-refractivity contribution in [2.45, 2.75) is 25.7 Å². The first kappa shape index (κ1) is 14.7. The summed E-state index contributed by atoms with van der Waals surface area (Å²) in [7, 11) is 0. The second-order valence-corrected chi connectivity index (χ2v) is 5.16. The largest absolute Gasteiger partial charge is 0.494 e. The molecule has 20 heavy (non-hydrogen) atoms. The van der Waals surface area contributed by atoms with Crippen LogP contribution in [0.1, 0.15) is 36.0 Å². The Labute approximate surface area is 119 Å². The molecule has 0 aliphatic carbocycles. The fourth-order valence-electron chi connectivity index (χ4n) is 2.47. The minimum Gasteiger partial charge on any atom is -0.494 e. The average molecular weight is 278 g/mol. The lowest BCUT2D eigenvalue weighted by Gasteiger charge is -2.26. The molecular weight excluding hydrogens is 256 g/mol. The lowest BCUT2D eigenvalue weighted by atomic mass is 10.1. The van der Waals surface area contributed by atoms with Gasteiger partial charge in [0.05, 0.1) is 12.2 Å². The first-order chi connectivity index (χ1) is 9.66. The SMILES string of the molecule is Nc1ccc(OCCCN2CCCCC2)cc1C(=O)O. The Hall–Kier alpha value is -1.75. The summed E-state index contributed by atoms with van der Waals surface area (Å²) in [6.07, 6.45) is 4.88. The standard InChI is InChI=1S/C15H22N2O3/c16-14-6-5-12(11-13(14)15(18)19)20-10-4-9-17-7-2-1-3-8-17/h5-6,11H,1-4,7-10,16H2,(H,18,19). The van der Waals surface area contributed by atoms with Gasteiger partial charge in [0.25, 0.3) is 0 Å². The third-order valence-electron chi connectivity index (χ3n) is 3.59. The van der Waals surface area contributed by atoms with Crippen LogP contribution in [0.25, 0.3) is 0 Å². The van der Waals surface area contributed by atoms with Crippen LogP contribution in [-0.2, 0) is 0 Å². The highest BCUT2D eigenvalue weighted by molar-refractivity contribution is 5.94. The van der Waals surface area contributed by atoms with Crippen LogP contribution in [0.4, 0.5) is 5.69 Å². The first-order valence-corrected chi connectivity index (χ1v) is 7.15. The Kier molecular flexibility index (Phi) is 5.24. The maximum Gasteiger partial charge on any atom is 0.337 e. The number of rotatable bonds is 6. The molecule has 1 aromatic carbocycles. The number of carboxylic acids is 1. The third-order valence-corrected chi connectivity index (χ3v) is 3.59. The van der Waals surface area contributed by atoms with E-state index < -0.39 is 5.97 Å². The summed E-state index contributed by atoms with van der Waals surface area (Å²) in [6.45, 7) is 4.01. The van der Waals surface area contributed by atoms with Gasteiger partial charge in [-0.1, -0.05) is 6.42 Å². The van der Waals surface area contributed by atoms with Crippen LogP contribution < -0.4 is 10.5 Å². The number of nitrogens with zero attached hydrogens (tertiary/aromatic N) is 1. The van der Waals surface area contributed by atoms with Gasteiger partial charge in [0, 0.05) is 12.2 Å². The highest BCUT2D eigenvalue weighted by Gasteiger charge is 2.10. The molecule has 2 rings (SSSR count). The number of hydrogen-bond donors (Lipinski definition) is 2. The van der Waals surface area contributed by atoms with Crippen molar-refractivity contribution in [3.05, 3.63) is 23.8 Å². The smallest absolute Gasteiger partial charge is 0.337 e. The molecule has 0 aromatic heterocycles. The summed E-state index contributed by atoms with van der Waals surface area (Å²) in [5.74, 6) is -0.462. The van der Waals surface area contributed by atoms with Crippen molar-refractivity contribution in [2.75, 3.05) is 32.0 Å². The molecule has 1 aliphatic rings. The maximum atomic E-state index is 11.0. The van der Waals surface area contributed by atoms with Crippen molar-refractivity contribution >= 4 is 11.7 Å². The van der Waals surface area contributed by atoms with Crippen molar-refractivity contribution in [1.82, 2.24) is 4.90 Å². The second kappa shape index (κ2) is 7.14. The van der Waals surface area contributed by atoms with Crippen molar-refractivity contribution in [3.8, 4) is 5.75 Å². The molecule has 1 aromatic rings. The van der Waals surface area contributed by atoms with Crippen molar-refractivity contribution < 1.29 is 14.6 Å². The van der Waals surface area contributed by atoms with Gasteiger partial charge in [0.15, 0.2) is 0 Å². The molecule has 0 saturated carbocycles. The molecule has 0 unspecified atom stereocenters. The Morgan fingerprint density at radius 2 is 2.05 bits per heavy atom. The van der Waals surface area contributed by atoms with E-state index in [0.29, 0.717) is 12.4 Å². The van der Waals surface area contributed by atoms with Crippen molar-refractivity contribution in [2.24, 2.45) is 0 Å². The number of nitrogen functional groups attached to an aromatic ring is 1. The highest BCUT2D eigenvalue weighted by Crippen LogP contribution is 2.20. The molecule has 5 heteroatoms. The van der Waals surface area contributed by atoms with E-state index >= 15 is 0 Å². The van der Waals surface area contributed by atoms with Gasteiger partial charge in [-0.15, -0.1) is 0 Å². The zero-order valence-electron chi connectivity index (χ0n) is 11.7. The van der Waals surface area contributed by atoms with Gasteiger partial charge in [-0.3, -0.25) is 0 Å². The normalized spacial score (nSPS) is 16.0. The summed E-state index contributed by atoms with van der Waals surface area (Å²) >= 11 is 0. The van der Waals surface area contributed by atoms with Crippen molar-refractivity contribution in [3.63, 3.8) is 0 Å². The average Bonchev–Trinajstić information content (AvgIpc) is 2.46. The molecule has 0 radical (unpaired) electrons. The number of piperidine rings is 1. The molecule has 110 valence electrons. The summed E-state index contributed by atoms with van der Waals surface area (Å²) in [6, 6.07) is 4.77. The molecular formula is C15H22N2O3. The summed E-state index contributed by atoms with van der Waals surface area (Å²) in [5.41, 5.74) is 5.96. The number of carbonyl (C=O) groups is 1. The summed E-state index contributed by atoms with van der Waals surface area (Å²) in [4.78, 5) is 13.4. The number of benzene rings is 1. The van der Waals surface area contributed by atoms with Gasteiger partial charge in [0.1, 0.15) is 5.75 Å². The minimum atomic E-state index is -1.03. The van der Waals surface area contributed by atoms with Gasteiger partial charge in [0.2, 0.25) is 0 Å². The van der Waals surface area contributed by atoms with Crippen LogP contribution in [0.2, 0.25) is 0 Å². The number of hydrogen-bond acceptors (Lipinski definition) is 4. The molecule has 0 amide bonds. The Bertz CT molecular complexity index is 456. The molecule has 3 N–H and O–H groups in total. The van der Waals surface area contributed by atoms with E-state index in [1.807, 2.05) is 0 Å². The van der Waals surface area contributed by atoms with E-state index in [4.69, 9.17) is 15.6 Å². The van der Waals surface area contributed by atoms with Gasteiger partial charge < -0.3 is 20.5 Å². The molecule has 1 heterocycles. The fraction of sp³-hybridized carbons (Fsp3) is 0.533. The zero-order chi connectivity index (χ0) is 14.4. The lowest BCUT2D eigenvalue weighted by molar-refractivity contribution is 0.0697. The summed E-state index contributed by atoms with van der Waals surface area (Å²) < 4.78 is 5.60. The zero-order valence-corrected chi connectivity index (χ0v) is 11.7. The monoisotopic (exact) mass is 278 g/mol. The van der Waals surface area contributed by atoms with E-state index in [1.54, 1.807) is 12.1 Å². The molecule has 5 nitrogen and oxygen atoms in total. The molecule has 0 bridgehead atoms. The predicted octanol–water partition coefficient (Wildman–Crippen LogP) is 2.22. The molecule has 1 saturated heterocycles. The van der Waals surface area contributed by atoms with Crippen LogP contribution in [0.3, 0.4) is 0 Å². The molecule has 1 aliphatic heterocycles. The Balaban J connectivity index is 1.76. The second-order valence-electron chi connectivity index (χ2n) is 5.16. The van der Waals surface area contributed by atoms with Crippen LogP contribution in [0.15, 0.2) is 18.2 Å². The quantitative estimate of drug-likeness (QED) is 0.616. The topological polar surface area (TPSA) is 75.8 Å².